The van der Waals surface area contributed by atoms with E-state index in [4.69, 9.17) is 9.47 Å². The summed E-state index contributed by atoms with van der Waals surface area (Å²) < 4.78 is 14.6. The molecule has 0 bridgehead atoms. The second-order valence-corrected chi connectivity index (χ2v) is 6.45. The van der Waals surface area contributed by atoms with Gasteiger partial charge in [-0.05, 0) is 11.5 Å². The first-order valence-electron chi connectivity index (χ1n) is 8.97. The average Bonchev–Trinajstić information content (AvgIpc) is 2.70. The lowest BCUT2D eigenvalue weighted by molar-refractivity contribution is -0.157. The number of hydrogen-bond donors (Lipinski definition) is 2. The van der Waals surface area contributed by atoms with Gasteiger partial charge in [-0.15, -0.1) is 0 Å². The van der Waals surface area contributed by atoms with Gasteiger partial charge in [-0.1, -0.05) is 44.2 Å². The molecule has 1 aromatic carbocycles. The van der Waals surface area contributed by atoms with Gasteiger partial charge in [0, 0.05) is 14.1 Å². The molecular weight excluding hydrogens is 382 g/mol. The van der Waals surface area contributed by atoms with Crippen molar-refractivity contribution in [1.82, 2.24) is 15.5 Å². The van der Waals surface area contributed by atoms with Crippen LogP contribution in [-0.4, -0.2) is 62.4 Å². The Labute approximate surface area is 169 Å². The van der Waals surface area contributed by atoms with Crippen molar-refractivity contribution in [2.45, 2.75) is 26.5 Å². The van der Waals surface area contributed by atoms with E-state index in [1.54, 1.807) is 13.8 Å². The first-order valence-corrected chi connectivity index (χ1v) is 8.97. The van der Waals surface area contributed by atoms with Crippen LogP contribution in [-0.2, 0) is 30.4 Å². The maximum Gasteiger partial charge on any atom is 0.410 e. The van der Waals surface area contributed by atoms with Crippen LogP contribution in [0.1, 0.15) is 19.4 Å². The lowest BCUT2D eigenvalue weighted by Crippen LogP contribution is -2.49. The van der Waals surface area contributed by atoms with Crippen LogP contribution in [0.5, 0.6) is 0 Å². The molecule has 0 radical (unpaired) electrons. The average molecular weight is 409 g/mol. The Morgan fingerprint density at radius 1 is 1.03 bits per heavy atom. The molecule has 10 nitrogen and oxygen atoms in total. The quantitative estimate of drug-likeness (QED) is 0.465. The first kappa shape index (κ1) is 23.7. The van der Waals surface area contributed by atoms with Crippen LogP contribution in [0.25, 0.3) is 0 Å². The van der Waals surface area contributed by atoms with Crippen LogP contribution in [0.15, 0.2) is 30.3 Å². The topological polar surface area (TPSA) is 123 Å². The third-order valence-electron chi connectivity index (χ3n) is 3.73. The summed E-state index contributed by atoms with van der Waals surface area (Å²) in [4.78, 5) is 48.4. The third-order valence-corrected chi connectivity index (χ3v) is 3.73. The molecule has 0 heterocycles. The summed E-state index contributed by atoms with van der Waals surface area (Å²) in [6.45, 7) is 2.62. The fourth-order valence-corrected chi connectivity index (χ4v) is 2.13. The zero-order valence-electron chi connectivity index (χ0n) is 17.0. The molecule has 0 unspecified atom stereocenters. The Morgan fingerprint density at radius 2 is 1.69 bits per heavy atom. The Hall–Kier alpha value is -3.30. The fourth-order valence-electron chi connectivity index (χ4n) is 2.13. The summed E-state index contributed by atoms with van der Waals surface area (Å²) in [5.74, 6) is -1.61. The standard InChI is InChI=1S/C19H27N3O7/c1-13(2)16(17(24)28-12-29-18(25)20-3)21-15(23)10-22(4)19(26)27-11-14-8-6-5-7-9-14/h5-9,13,16H,10-12H2,1-4H3,(H,20,25)(H,21,23)/t16-/m0/s1. The number of hydrogen-bond acceptors (Lipinski definition) is 7. The summed E-state index contributed by atoms with van der Waals surface area (Å²) in [5.41, 5.74) is 0.820. The smallest absolute Gasteiger partial charge is 0.410 e. The van der Waals surface area contributed by atoms with Gasteiger partial charge in [0.05, 0.1) is 0 Å². The summed E-state index contributed by atoms with van der Waals surface area (Å²) in [6.07, 6.45) is -1.43. The summed E-state index contributed by atoms with van der Waals surface area (Å²) in [5, 5.41) is 4.71. The van der Waals surface area contributed by atoms with Crippen molar-refractivity contribution in [2.75, 3.05) is 27.4 Å². The number of esters is 1. The summed E-state index contributed by atoms with van der Waals surface area (Å²) in [6, 6.07) is 8.16. The van der Waals surface area contributed by atoms with Crippen LogP contribution < -0.4 is 10.6 Å². The minimum atomic E-state index is -0.968. The SMILES string of the molecule is CNC(=O)OCOC(=O)[C@@H](NC(=O)CN(C)C(=O)OCc1ccccc1)C(C)C. The molecule has 2 N–H and O–H groups in total. The number of ether oxygens (including phenoxy) is 3. The molecule has 0 spiro atoms. The highest BCUT2D eigenvalue weighted by Crippen LogP contribution is 2.05. The van der Waals surface area contributed by atoms with E-state index < -0.39 is 36.9 Å². The van der Waals surface area contributed by atoms with Crippen molar-refractivity contribution in [2.24, 2.45) is 5.92 Å². The van der Waals surface area contributed by atoms with Crippen molar-refractivity contribution in [3.05, 3.63) is 35.9 Å². The van der Waals surface area contributed by atoms with E-state index in [1.165, 1.54) is 14.1 Å². The molecule has 0 saturated carbocycles. The minimum Gasteiger partial charge on any atom is -0.445 e. The monoisotopic (exact) mass is 409 g/mol. The number of nitrogens with one attached hydrogen (secondary N) is 2. The number of amides is 3. The van der Waals surface area contributed by atoms with Gasteiger partial charge in [0.1, 0.15) is 19.2 Å². The fraction of sp³-hybridized carbons (Fsp3) is 0.474. The molecule has 10 heteroatoms. The molecule has 0 aliphatic heterocycles. The van der Waals surface area contributed by atoms with Gasteiger partial charge < -0.3 is 29.7 Å². The molecule has 160 valence electrons. The Morgan fingerprint density at radius 3 is 2.28 bits per heavy atom. The zero-order valence-corrected chi connectivity index (χ0v) is 17.0. The molecule has 29 heavy (non-hydrogen) atoms. The number of rotatable bonds is 9. The molecule has 1 atom stereocenters. The number of carbonyl (C=O) groups is 4. The number of likely N-dealkylation sites (N-methyl/N-ethyl adjacent to an activating group) is 1. The largest absolute Gasteiger partial charge is 0.445 e. The van der Waals surface area contributed by atoms with Crippen LogP contribution >= 0.6 is 0 Å². The maximum atomic E-state index is 12.2. The van der Waals surface area contributed by atoms with Gasteiger partial charge >= 0.3 is 18.2 Å². The molecule has 0 saturated heterocycles. The molecular formula is C19H27N3O7. The highest BCUT2D eigenvalue weighted by molar-refractivity contribution is 5.87. The van der Waals surface area contributed by atoms with E-state index in [0.29, 0.717) is 0 Å². The van der Waals surface area contributed by atoms with Crippen LogP contribution in [0.3, 0.4) is 0 Å². The van der Waals surface area contributed by atoms with E-state index in [0.717, 1.165) is 10.5 Å². The Balaban J connectivity index is 2.47. The molecule has 0 aromatic heterocycles. The molecule has 3 amide bonds. The summed E-state index contributed by atoms with van der Waals surface area (Å²) in [7, 11) is 2.77. The molecule has 0 fully saturated rings. The van der Waals surface area contributed by atoms with Gasteiger partial charge in [0.25, 0.3) is 0 Å². The van der Waals surface area contributed by atoms with Gasteiger partial charge in [0.15, 0.2) is 0 Å². The minimum absolute atomic E-state index is 0.0813. The molecule has 0 aliphatic carbocycles. The molecule has 1 aromatic rings. The van der Waals surface area contributed by atoms with Crippen molar-refractivity contribution in [3.63, 3.8) is 0 Å². The van der Waals surface area contributed by atoms with E-state index in [1.807, 2.05) is 30.3 Å². The first-order chi connectivity index (χ1) is 13.7. The highest BCUT2D eigenvalue weighted by atomic mass is 16.7. The van der Waals surface area contributed by atoms with Crippen LogP contribution in [0, 0.1) is 5.92 Å². The Bertz CT molecular complexity index is 694. The van der Waals surface area contributed by atoms with Crippen LogP contribution in [0.2, 0.25) is 0 Å². The predicted octanol–water partition coefficient (Wildman–Crippen LogP) is 1.25. The van der Waals surface area contributed by atoms with E-state index in [-0.39, 0.29) is 19.1 Å². The molecule has 1 rings (SSSR count). The second-order valence-electron chi connectivity index (χ2n) is 6.45. The number of nitrogens with zero attached hydrogens (tertiary/aromatic N) is 1. The van der Waals surface area contributed by atoms with Gasteiger partial charge in [-0.2, -0.15) is 0 Å². The molecule has 0 aliphatic rings. The lowest BCUT2D eigenvalue weighted by Gasteiger charge is -2.22. The highest BCUT2D eigenvalue weighted by Gasteiger charge is 2.27. The third kappa shape index (κ3) is 8.96. The lowest BCUT2D eigenvalue weighted by atomic mass is 10.0. The maximum absolute atomic E-state index is 12.2. The van der Waals surface area contributed by atoms with Crippen molar-refractivity contribution in [1.29, 1.82) is 0 Å². The van der Waals surface area contributed by atoms with Crippen LogP contribution in [0.4, 0.5) is 9.59 Å². The van der Waals surface area contributed by atoms with Gasteiger partial charge in [-0.25, -0.2) is 14.4 Å². The van der Waals surface area contributed by atoms with Crippen molar-refractivity contribution < 1.29 is 33.4 Å². The van der Waals surface area contributed by atoms with Gasteiger partial charge in [-0.3, -0.25) is 4.79 Å². The number of alkyl carbamates (subject to hydrolysis) is 1. The normalized spacial score (nSPS) is 11.2. The number of benzene rings is 1. The van der Waals surface area contributed by atoms with Crippen molar-refractivity contribution >= 4 is 24.1 Å². The second kappa shape index (κ2) is 12.2. The van der Waals surface area contributed by atoms with E-state index in [2.05, 4.69) is 15.4 Å². The zero-order chi connectivity index (χ0) is 21.8. The van der Waals surface area contributed by atoms with E-state index in [9.17, 15) is 19.2 Å². The predicted molar refractivity (Wildman–Crippen MR) is 103 cm³/mol. The Kier molecular flexibility index (Phi) is 10.00. The van der Waals surface area contributed by atoms with E-state index >= 15 is 0 Å². The number of carbonyl (C=O) groups excluding carboxylic acids is 4. The summed E-state index contributed by atoms with van der Waals surface area (Å²) >= 11 is 0. The van der Waals surface area contributed by atoms with Gasteiger partial charge in [0.2, 0.25) is 12.7 Å². The van der Waals surface area contributed by atoms with Crippen molar-refractivity contribution in [3.8, 4) is 0 Å².